The van der Waals surface area contributed by atoms with Gasteiger partial charge in [-0.1, -0.05) is 0 Å². The number of carbonyl (C=O) groups is 1. The van der Waals surface area contributed by atoms with Gasteiger partial charge in [0.1, 0.15) is 0 Å². The highest BCUT2D eigenvalue weighted by atomic mass is 32.2. The van der Waals surface area contributed by atoms with Crippen LogP contribution in [0.5, 0.6) is 0 Å². The number of amides is 1. The molecule has 1 spiro atoms. The van der Waals surface area contributed by atoms with Gasteiger partial charge in [-0.3, -0.25) is 4.79 Å². The maximum Gasteiger partial charge on any atom is 0.226 e. The van der Waals surface area contributed by atoms with Crippen LogP contribution >= 0.6 is 0 Å². The van der Waals surface area contributed by atoms with Crippen molar-refractivity contribution < 1.29 is 13.2 Å². The van der Waals surface area contributed by atoms with Gasteiger partial charge in [-0.25, -0.2) is 12.7 Å². The molecule has 5 nitrogen and oxygen atoms in total. The van der Waals surface area contributed by atoms with Gasteiger partial charge in [0.15, 0.2) is 0 Å². The molecule has 22 heavy (non-hydrogen) atoms. The Bertz CT molecular complexity index is 556. The van der Waals surface area contributed by atoms with Crippen LogP contribution in [0.1, 0.15) is 51.4 Å². The van der Waals surface area contributed by atoms with Gasteiger partial charge in [0.05, 0.1) is 5.25 Å². The maximum atomic E-state index is 12.6. The highest BCUT2D eigenvalue weighted by Crippen LogP contribution is 2.60. The Kier molecular flexibility index (Phi) is 3.53. The molecule has 0 aromatic carbocycles. The van der Waals surface area contributed by atoms with E-state index in [0.29, 0.717) is 19.0 Å². The number of rotatable bonds is 3. The smallest absolute Gasteiger partial charge is 0.226 e. The summed E-state index contributed by atoms with van der Waals surface area (Å²) in [4.78, 5) is 14.7. The fourth-order valence-corrected chi connectivity index (χ4v) is 6.19. The molecule has 2 aliphatic heterocycles. The van der Waals surface area contributed by atoms with E-state index in [-0.39, 0.29) is 16.6 Å². The summed E-state index contributed by atoms with van der Waals surface area (Å²) in [6, 6.07) is 0. The summed E-state index contributed by atoms with van der Waals surface area (Å²) >= 11 is 0. The molecule has 0 aromatic rings. The minimum Gasteiger partial charge on any atom is -0.342 e. The molecule has 2 saturated heterocycles. The number of hydrogen-bond donors (Lipinski definition) is 0. The molecule has 0 aromatic heterocycles. The van der Waals surface area contributed by atoms with E-state index in [2.05, 4.69) is 4.90 Å². The number of piperidine rings is 2. The topological polar surface area (TPSA) is 57.7 Å². The van der Waals surface area contributed by atoms with Crippen LogP contribution in [0.2, 0.25) is 0 Å². The van der Waals surface area contributed by atoms with Gasteiger partial charge in [0, 0.05) is 32.1 Å². The van der Waals surface area contributed by atoms with Crippen molar-refractivity contribution in [2.45, 2.75) is 56.6 Å². The summed E-state index contributed by atoms with van der Waals surface area (Å²) in [5.74, 6) is 0.523. The van der Waals surface area contributed by atoms with Crippen molar-refractivity contribution in [3.05, 3.63) is 0 Å². The molecule has 124 valence electrons. The molecule has 4 aliphatic rings. The van der Waals surface area contributed by atoms with Crippen LogP contribution in [-0.4, -0.2) is 55.0 Å². The van der Waals surface area contributed by atoms with Crippen LogP contribution < -0.4 is 0 Å². The SMILES string of the molecule is O=C(C1CC12CCN(S(=O)(=O)C1CC1)CC2)N1CCCCC1. The summed E-state index contributed by atoms with van der Waals surface area (Å²) in [7, 11) is -3.03. The summed E-state index contributed by atoms with van der Waals surface area (Å²) in [5.41, 5.74) is 0.129. The maximum absolute atomic E-state index is 12.6. The quantitative estimate of drug-likeness (QED) is 0.791. The first-order valence-corrected chi connectivity index (χ1v) is 10.3. The highest BCUT2D eigenvalue weighted by Gasteiger charge is 2.60. The van der Waals surface area contributed by atoms with Crippen LogP contribution in [0.4, 0.5) is 0 Å². The fourth-order valence-electron chi connectivity index (χ4n) is 4.35. The molecular weight excluding hydrogens is 300 g/mol. The minimum atomic E-state index is -3.03. The zero-order valence-corrected chi connectivity index (χ0v) is 14.0. The van der Waals surface area contributed by atoms with Gasteiger partial charge in [0.25, 0.3) is 0 Å². The van der Waals surface area contributed by atoms with Crippen LogP contribution in [0.15, 0.2) is 0 Å². The van der Waals surface area contributed by atoms with Gasteiger partial charge in [0.2, 0.25) is 15.9 Å². The molecule has 0 N–H and O–H groups in total. The van der Waals surface area contributed by atoms with Crippen LogP contribution in [0.3, 0.4) is 0 Å². The Hall–Kier alpha value is -0.620. The Morgan fingerprint density at radius 1 is 0.955 bits per heavy atom. The minimum absolute atomic E-state index is 0.105. The molecule has 4 fully saturated rings. The number of hydrogen-bond acceptors (Lipinski definition) is 3. The van der Waals surface area contributed by atoms with Crippen molar-refractivity contribution in [3.8, 4) is 0 Å². The summed E-state index contributed by atoms with van der Waals surface area (Å²) in [6.45, 7) is 3.10. The Morgan fingerprint density at radius 2 is 1.59 bits per heavy atom. The van der Waals surface area contributed by atoms with E-state index in [1.54, 1.807) is 4.31 Å². The molecule has 1 unspecified atom stereocenters. The summed E-state index contributed by atoms with van der Waals surface area (Å²) in [6.07, 6.45) is 7.93. The first kappa shape index (κ1) is 14.9. The number of sulfonamides is 1. The second kappa shape index (κ2) is 5.20. The van der Waals surface area contributed by atoms with E-state index in [1.165, 1.54) is 6.42 Å². The molecule has 2 aliphatic carbocycles. The van der Waals surface area contributed by atoms with Gasteiger partial charge in [-0.05, 0) is 56.8 Å². The molecule has 2 saturated carbocycles. The number of carbonyl (C=O) groups excluding carboxylic acids is 1. The zero-order chi connectivity index (χ0) is 15.4. The second-order valence-corrected chi connectivity index (χ2v) is 9.86. The van der Waals surface area contributed by atoms with E-state index in [1.807, 2.05) is 0 Å². The molecule has 1 atom stereocenters. The lowest BCUT2D eigenvalue weighted by molar-refractivity contribution is -0.134. The van der Waals surface area contributed by atoms with Gasteiger partial charge in [-0.2, -0.15) is 0 Å². The average Bonchev–Trinajstić information content (AvgIpc) is 3.43. The Morgan fingerprint density at radius 3 is 2.18 bits per heavy atom. The Labute approximate surface area is 133 Å². The molecule has 0 radical (unpaired) electrons. The predicted molar refractivity (Wildman–Crippen MR) is 83.7 cm³/mol. The van der Waals surface area contributed by atoms with Crippen molar-refractivity contribution >= 4 is 15.9 Å². The third-order valence-electron chi connectivity index (χ3n) is 6.18. The molecule has 2 heterocycles. The van der Waals surface area contributed by atoms with E-state index in [0.717, 1.165) is 58.0 Å². The third kappa shape index (κ3) is 2.48. The van der Waals surface area contributed by atoms with Crippen molar-refractivity contribution in [2.75, 3.05) is 26.2 Å². The number of likely N-dealkylation sites (tertiary alicyclic amines) is 1. The lowest BCUT2D eigenvalue weighted by Crippen LogP contribution is -2.43. The number of nitrogens with zero attached hydrogens (tertiary/aromatic N) is 2. The van der Waals surface area contributed by atoms with E-state index in [4.69, 9.17) is 0 Å². The van der Waals surface area contributed by atoms with Gasteiger partial charge in [-0.15, -0.1) is 0 Å². The first-order chi connectivity index (χ1) is 10.5. The standard InChI is InChI=1S/C16H26N2O3S/c19-15(17-8-2-1-3-9-17)14-12-16(14)6-10-18(11-7-16)22(20,21)13-4-5-13/h13-14H,1-12H2. The van der Waals surface area contributed by atoms with Crippen molar-refractivity contribution in [2.24, 2.45) is 11.3 Å². The molecule has 6 heteroatoms. The fraction of sp³-hybridized carbons (Fsp3) is 0.938. The molecule has 4 rings (SSSR count). The zero-order valence-electron chi connectivity index (χ0n) is 13.2. The average molecular weight is 326 g/mol. The molecular formula is C16H26N2O3S. The van der Waals surface area contributed by atoms with Crippen molar-refractivity contribution in [3.63, 3.8) is 0 Å². The molecule has 1 amide bonds. The van der Waals surface area contributed by atoms with Crippen molar-refractivity contribution in [1.82, 2.24) is 9.21 Å². The van der Waals surface area contributed by atoms with Gasteiger partial charge < -0.3 is 4.90 Å². The largest absolute Gasteiger partial charge is 0.342 e. The Balaban J connectivity index is 1.35. The second-order valence-electron chi connectivity index (χ2n) is 7.65. The predicted octanol–water partition coefficient (Wildman–Crippen LogP) is 1.59. The first-order valence-electron chi connectivity index (χ1n) is 8.81. The third-order valence-corrected chi connectivity index (χ3v) is 8.58. The van der Waals surface area contributed by atoms with E-state index in [9.17, 15) is 13.2 Å². The van der Waals surface area contributed by atoms with E-state index >= 15 is 0 Å². The lowest BCUT2D eigenvalue weighted by atomic mass is 9.91. The van der Waals surface area contributed by atoms with Crippen LogP contribution in [0, 0.1) is 11.3 Å². The highest BCUT2D eigenvalue weighted by molar-refractivity contribution is 7.90. The van der Waals surface area contributed by atoms with Crippen LogP contribution in [-0.2, 0) is 14.8 Å². The van der Waals surface area contributed by atoms with E-state index < -0.39 is 10.0 Å². The van der Waals surface area contributed by atoms with Gasteiger partial charge >= 0.3 is 0 Å². The normalized spacial score (nSPS) is 32.2. The van der Waals surface area contributed by atoms with Crippen LogP contribution in [0.25, 0.3) is 0 Å². The monoisotopic (exact) mass is 326 g/mol. The lowest BCUT2D eigenvalue weighted by Gasteiger charge is -2.33. The summed E-state index contributed by atoms with van der Waals surface area (Å²) in [5, 5.41) is -0.105. The van der Waals surface area contributed by atoms with Crippen molar-refractivity contribution in [1.29, 1.82) is 0 Å². The molecule has 0 bridgehead atoms. The summed E-state index contributed by atoms with van der Waals surface area (Å²) < 4.78 is 26.3.